The van der Waals surface area contributed by atoms with Crippen LogP contribution in [0.3, 0.4) is 0 Å². The number of nitro benzene ring substituents is 1. The van der Waals surface area contributed by atoms with Gasteiger partial charge in [-0.15, -0.1) is 0 Å². The lowest BCUT2D eigenvalue weighted by Crippen LogP contribution is -2.31. The number of amides is 1. The summed E-state index contributed by atoms with van der Waals surface area (Å²) in [5.74, 6) is 0.889. The summed E-state index contributed by atoms with van der Waals surface area (Å²) in [5, 5.41) is 12.7. The van der Waals surface area contributed by atoms with Crippen LogP contribution < -0.4 is 9.47 Å². The second kappa shape index (κ2) is 13.9. The molecule has 1 N–H and O–H groups in total. The predicted molar refractivity (Wildman–Crippen MR) is 189 cm³/mol. The molecule has 0 atom stereocenters. The Bertz CT molecular complexity index is 1990. The third kappa shape index (κ3) is 7.04. The number of carbonyl (C=O) groups excluding carboxylic acids is 1. The van der Waals surface area contributed by atoms with E-state index in [-0.39, 0.29) is 11.6 Å². The average Bonchev–Trinajstić information content (AvgIpc) is 3.60. The highest BCUT2D eigenvalue weighted by Gasteiger charge is 2.33. The monoisotopic (exact) mass is 760 g/mol. The first kappa shape index (κ1) is 31.6. The Balaban J connectivity index is 1.28. The summed E-state index contributed by atoms with van der Waals surface area (Å²) in [4.78, 5) is 34.7. The number of aromatic amines is 1. The molecule has 1 aliphatic rings. The van der Waals surface area contributed by atoms with E-state index in [9.17, 15) is 14.9 Å². The van der Waals surface area contributed by atoms with Crippen LogP contribution in [0.15, 0.2) is 110 Å². The fourth-order valence-corrected chi connectivity index (χ4v) is 6.83. The molecule has 1 amide bonds. The van der Waals surface area contributed by atoms with Gasteiger partial charge in [-0.2, -0.15) is 0 Å². The SMILES string of the molecule is COc1cc(/C=C2\SC(=Nc3ccc([N+](=O)[O-])cc3)N(CCc3c[nH]c4ccccc34)C2=O)cc(Br)c1OCc1ccc(Br)cc1. The van der Waals surface area contributed by atoms with Crippen molar-refractivity contribution in [2.75, 3.05) is 13.7 Å². The van der Waals surface area contributed by atoms with Gasteiger partial charge < -0.3 is 14.5 Å². The van der Waals surface area contributed by atoms with E-state index in [1.165, 1.54) is 23.9 Å². The normalized spacial score (nSPS) is 14.8. The number of benzene rings is 4. The second-order valence-corrected chi connectivity index (χ2v) is 13.1. The summed E-state index contributed by atoms with van der Waals surface area (Å²) in [5.41, 5.74) is 4.35. The van der Waals surface area contributed by atoms with E-state index in [0.717, 1.165) is 32.1 Å². The minimum Gasteiger partial charge on any atom is -0.493 e. The number of carbonyl (C=O) groups is 1. The van der Waals surface area contributed by atoms with Crippen LogP contribution in [-0.2, 0) is 17.8 Å². The lowest BCUT2D eigenvalue weighted by atomic mass is 10.1. The van der Waals surface area contributed by atoms with Crippen LogP contribution in [0.1, 0.15) is 16.7 Å². The van der Waals surface area contributed by atoms with Gasteiger partial charge >= 0.3 is 0 Å². The molecular weight excluding hydrogens is 736 g/mol. The third-order valence-corrected chi connectivity index (χ3v) is 9.42. The zero-order chi connectivity index (χ0) is 32.2. The molecule has 0 radical (unpaired) electrons. The van der Waals surface area contributed by atoms with Crippen LogP contribution in [0, 0.1) is 10.1 Å². The van der Waals surface area contributed by atoms with Gasteiger partial charge in [-0.3, -0.25) is 19.8 Å². The van der Waals surface area contributed by atoms with Crippen LogP contribution in [0.25, 0.3) is 17.0 Å². The number of aromatic nitrogens is 1. The van der Waals surface area contributed by atoms with E-state index < -0.39 is 4.92 Å². The lowest BCUT2D eigenvalue weighted by molar-refractivity contribution is -0.384. The number of nitrogens with zero attached hydrogens (tertiary/aromatic N) is 3. The van der Waals surface area contributed by atoms with Crippen molar-refractivity contribution in [2.24, 2.45) is 4.99 Å². The molecule has 0 saturated carbocycles. The molecule has 6 rings (SSSR count). The first-order valence-electron chi connectivity index (χ1n) is 14.1. The Kier molecular flexibility index (Phi) is 9.57. The number of rotatable bonds is 10. The van der Waals surface area contributed by atoms with Gasteiger partial charge in [0.05, 0.1) is 27.1 Å². The molecule has 9 nitrogen and oxygen atoms in total. The summed E-state index contributed by atoms with van der Waals surface area (Å²) in [6.45, 7) is 0.748. The molecule has 5 aromatic rings. The van der Waals surface area contributed by atoms with Crippen LogP contribution >= 0.6 is 43.6 Å². The van der Waals surface area contributed by atoms with Gasteiger partial charge in [0.1, 0.15) is 6.61 Å². The van der Waals surface area contributed by atoms with Gasteiger partial charge in [0.25, 0.3) is 11.6 Å². The smallest absolute Gasteiger partial charge is 0.269 e. The zero-order valence-corrected chi connectivity index (χ0v) is 28.4. The number of non-ortho nitro benzene ring substituents is 1. The number of methoxy groups -OCH3 is 1. The fourth-order valence-electron chi connectivity index (χ4n) is 4.97. The van der Waals surface area contributed by atoms with E-state index in [1.54, 1.807) is 30.2 Å². The minimum atomic E-state index is -0.456. The maximum atomic E-state index is 13.9. The average molecular weight is 762 g/mol. The number of para-hydroxylation sites is 1. The highest BCUT2D eigenvalue weighted by molar-refractivity contribution is 9.10. The Morgan fingerprint density at radius 3 is 2.54 bits per heavy atom. The summed E-state index contributed by atoms with van der Waals surface area (Å²) in [6, 6.07) is 25.6. The van der Waals surface area contributed by atoms with Gasteiger partial charge in [-0.25, -0.2) is 4.99 Å². The molecule has 2 heterocycles. The molecular formula is C34H26Br2N4O5S. The molecule has 12 heteroatoms. The number of thioether (sulfide) groups is 1. The number of amidine groups is 1. The molecule has 0 spiro atoms. The van der Waals surface area contributed by atoms with E-state index >= 15 is 0 Å². The van der Waals surface area contributed by atoms with Gasteiger partial charge in [0, 0.05) is 40.2 Å². The number of halogens is 2. The molecule has 4 aromatic carbocycles. The van der Waals surface area contributed by atoms with E-state index in [2.05, 4.69) is 42.9 Å². The molecule has 232 valence electrons. The quantitative estimate of drug-likeness (QED) is 0.0864. The van der Waals surface area contributed by atoms with Crippen molar-refractivity contribution in [2.45, 2.75) is 13.0 Å². The topological polar surface area (TPSA) is 110 Å². The third-order valence-electron chi connectivity index (χ3n) is 7.30. The van der Waals surface area contributed by atoms with E-state index in [1.807, 2.05) is 60.8 Å². The van der Waals surface area contributed by atoms with Crippen LogP contribution in [0.5, 0.6) is 11.5 Å². The van der Waals surface area contributed by atoms with Gasteiger partial charge in [-0.1, -0.05) is 46.3 Å². The Morgan fingerprint density at radius 2 is 1.80 bits per heavy atom. The van der Waals surface area contributed by atoms with Crippen molar-refractivity contribution < 1.29 is 19.2 Å². The number of ether oxygens (including phenoxy) is 2. The Labute approximate surface area is 285 Å². The molecule has 0 aliphatic carbocycles. The highest BCUT2D eigenvalue weighted by atomic mass is 79.9. The van der Waals surface area contributed by atoms with E-state index in [0.29, 0.717) is 51.3 Å². The Morgan fingerprint density at radius 1 is 1.04 bits per heavy atom. The summed E-state index contributed by atoms with van der Waals surface area (Å²) in [7, 11) is 1.57. The first-order chi connectivity index (χ1) is 22.3. The van der Waals surface area contributed by atoms with Gasteiger partial charge in [0.15, 0.2) is 16.7 Å². The standard InChI is InChI=1S/C34H26Br2N4O5S/c1-44-30-17-22(16-28(36)32(30)45-20-21-6-8-24(35)9-7-21)18-31-33(41)39(15-14-23-19-37-29-5-3-2-4-27(23)29)34(46-31)38-25-10-12-26(13-11-25)40(42)43/h2-13,16-19,37H,14-15,20H2,1H3/b31-18-,38-34?. The number of fused-ring (bicyclic) bond motifs is 1. The molecule has 0 unspecified atom stereocenters. The van der Waals surface area contributed by atoms with Crippen molar-refractivity contribution in [1.29, 1.82) is 0 Å². The minimum absolute atomic E-state index is 0.0281. The number of hydrogen-bond acceptors (Lipinski definition) is 7. The van der Waals surface area contributed by atoms with Crippen molar-refractivity contribution in [3.63, 3.8) is 0 Å². The molecule has 1 aliphatic heterocycles. The van der Waals surface area contributed by atoms with Crippen LogP contribution in [-0.4, -0.2) is 39.5 Å². The van der Waals surface area contributed by atoms with Gasteiger partial charge in [0.2, 0.25) is 0 Å². The number of nitro groups is 1. The maximum absolute atomic E-state index is 13.9. The second-order valence-electron chi connectivity index (χ2n) is 10.3. The molecule has 1 aromatic heterocycles. The number of nitrogens with one attached hydrogen (secondary N) is 1. The van der Waals surface area contributed by atoms with Crippen molar-refractivity contribution in [3.05, 3.63) is 132 Å². The number of H-pyrrole nitrogens is 1. The summed E-state index contributed by atoms with van der Waals surface area (Å²) >= 11 is 8.32. The first-order valence-corrected chi connectivity index (χ1v) is 16.5. The highest BCUT2D eigenvalue weighted by Crippen LogP contribution is 2.40. The van der Waals surface area contributed by atoms with Crippen molar-refractivity contribution in [3.8, 4) is 11.5 Å². The lowest BCUT2D eigenvalue weighted by Gasteiger charge is -2.15. The largest absolute Gasteiger partial charge is 0.493 e. The molecule has 0 bridgehead atoms. The number of aliphatic imine (C=N–C) groups is 1. The van der Waals surface area contributed by atoms with Gasteiger partial charge in [-0.05, 0) is 99.3 Å². The summed E-state index contributed by atoms with van der Waals surface area (Å²) in [6.07, 6.45) is 4.37. The molecule has 1 saturated heterocycles. The number of hydrogen-bond donors (Lipinski definition) is 1. The summed E-state index contributed by atoms with van der Waals surface area (Å²) < 4.78 is 13.4. The van der Waals surface area contributed by atoms with Crippen molar-refractivity contribution >= 4 is 83.1 Å². The van der Waals surface area contributed by atoms with Crippen LogP contribution in [0.2, 0.25) is 0 Å². The van der Waals surface area contributed by atoms with Crippen molar-refractivity contribution in [1.82, 2.24) is 9.88 Å². The molecule has 46 heavy (non-hydrogen) atoms. The van der Waals surface area contributed by atoms with E-state index in [4.69, 9.17) is 14.5 Å². The zero-order valence-electron chi connectivity index (χ0n) is 24.4. The predicted octanol–water partition coefficient (Wildman–Crippen LogP) is 9.04. The maximum Gasteiger partial charge on any atom is 0.269 e. The van der Waals surface area contributed by atoms with Crippen LogP contribution in [0.4, 0.5) is 11.4 Å². The molecule has 1 fully saturated rings. The Hall–Kier alpha value is -4.39. The fraction of sp³-hybridized carbons (Fsp3) is 0.118.